The number of hydrogen-bond acceptors (Lipinski definition) is 3. The topological polar surface area (TPSA) is 32.7 Å². The molecule has 1 unspecified atom stereocenters. The fourth-order valence-electron chi connectivity index (χ4n) is 1.56. The first-order valence-electron chi connectivity index (χ1n) is 6.20. The Hall–Kier alpha value is -0.900. The summed E-state index contributed by atoms with van der Waals surface area (Å²) in [5, 5.41) is 9.48. The van der Waals surface area contributed by atoms with Gasteiger partial charge in [-0.1, -0.05) is 37.3 Å². The summed E-state index contributed by atoms with van der Waals surface area (Å²) in [4.78, 5) is 2.10. The predicted molar refractivity (Wildman–Crippen MR) is 69.9 cm³/mol. The van der Waals surface area contributed by atoms with Crippen LogP contribution in [0.4, 0.5) is 0 Å². The van der Waals surface area contributed by atoms with Crippen molar-refractivity contribution in [2.45, 2.75) is 26.1 Å². The van der Waals surface area contributed by atoms with Crippen molar-refractivity contribution in [3.05, 3.63) is 35.9 Å². The Morgan fingerprint density at radius 1 is 1.29 bits per heavy atom. The van der Waals surface area contributed by atoms with E-state index >= 15 is 0 Å². The first-order chi connectivity index (χ1) is 8.22. The highest BCUT2D eigenvalue weighted by Crippen LogP contribution is 2.00. The van der Waals surface area contributed by atoms with E-state index in [1.54, 1.807) is 0 Å². The summed E-state index contributed by atoms with van der Waals surface area (Å²) < 4.78 is 5.58. The monoisotopic (exact) mass is 237 g/mol. The maximum absolute atomic E-state index is 9.48. The molecule has 0 aliphatic carbocycles. The van der Waals surface area contributed by atoms with Crippen LogP contribution in [0.15, 0.2) is 30.3 Å². The highest BCUT2D eigenvalue weighted by molar-refractivity contribution is 5.13. The smallest absolute Gasteiger partial charge is 0.0717 e. The summed E-state index contributed by atoms with van der Waals surface area (Å²) >= 11 is 0. The minimum absolute atomic E-state index is 0.228. The van der Waals surface area contributed by atoms with E-state index in [0.29, 0.717) is 19.8 Å². The van der Waals surface area contributed by atoms with Crippen molar-refractivity contribution >= 4 is 0 Å². The van der Waals surface area contributed by atoms with E-state index in [4.69, 9.17) is 4.74 Å². The van der Waals surface area contributed by atoms with Gasteiger partial charge in [-0.25, -0.2) is 0 Å². The molecule has 0 aliphatic heterocycles. The number of rotatable bonds is 8. The van der Waals surface area contributed by atoms with Crippen molar-refractivity contribution in [2.75, 3.05) is 26.7 Å². The van der Waals surface area contributed by atoms with Crippen LogP contribution >= 0.6 is 0 Å². The zero-order chi connectivity index (χ0) is 12.5. The Balaban J connectivity index is 2.08. The number of aliphatic hydroxyl groups excluding tert-OH is 1. The van der Waals surface area contributed by atoms with Gasteiger partial charge in [-0.05, 0) is 19.0 Å². The van der Waals surface area contributed by atoms with E-state index < -0.39 is 0 Å². The number of hydrogen-bond donors (Lipinski definition) is 1. The SMILES string of the molecule is CCC(O)CN(C)CCOCc1ccccc1. The minimum Gasteiger partial charge on any atom is -0.392 e. The fourth-order valence-corrected chi connectivity index (χ4v) is 1.56. The van der Waals surface area contributed by atoms with Crippen LogP contribution in [0, 0.1) is 0 Å². The lowest BCUT2D eigenvalue weighted by Gasteiger charge is -2.19. The molecule has 96 valence electrons. The molecule has 3 heteroatoms. The summed E-state index contributed by atoms with van der Waals surface area (Å²) in [7, 11) is 2.00. The van der Waals surface area contributed by atoms with E-state index in [0.717, 1.165) is 13.0 Å². The van der Waals surface area contributed by atoms with Gasteiger partial charge in [0.2, 0.25) is 0 Å². The molecule has 1 aromatic rings. The molecule has 0 saturated carbocycles. The summed E-state index contributed by atoms with van der Waals surface area (Å²) in [5.74, 6) is 0. The standard InChI is InChI=1S/C14H23NO2/c1-3-14(16)11-15(2)9-10-17-12-13-7-5-4-6-8-13/h4-8,14,16H,3,9-12H2,1-2H3. The summed E-state index contributed by atoms with van der Waals surface area (Å²) in [6.45, 7) is 4.91. The molecule has 0 heterocycles. The zero-order valence-corrected chi connectivity index (χ0v) is 10.8. The van der Waals surface area contributed by atoms with Gasteiger partial charge in [-0.2, -0.15) is 0 Å². The molecule has 0 amide bonds. The lowest BCUT2D eigenvalue weighted by atomic mass is 10.2. The maximum Gasteiger partial charge on any atom is 0.0717 e. The lowest BCUT2D eigenvalue weighted by molar-refractivity contribution is 0.0757. The van der Waals surface area contributed by atoms with Gasteiger partial charge in [-0.3, -0.25) is 0 Å². The number of nitrogens with zero attached hydrogens (tertiary/aromatic N) is 1. The lowest BCUT2D eigenvalue weighted by Crippen LogP contribution is -2.31. The molecule has 3 nitrogen and oxygen atoms in total. The number of ether oxygens (including phenoxy) is 1. The molecule has 0 saturated heterocycles. The van der Waals surface area contributed by atoms with E-state index in [2.05, 4.69) is 17.0 Å². The quantitative estimate of drug-likeness (QED) is 0.701. The van der Waals surface area contributed by atoms with Crippen molar-refractivity contribution < 1.29 is 9.84 Å². The van der Waals surface area contributed by atoms with Crippen LogP contribution in [-0.4, -0.2) is 42.9 Å². The molecule has 1 rings (SSSR count). The van der Waals surface area contributed by atoms with Crippen LogP contribution in [-0.2, 0) is 11.3 Å². The van der Waals surface area contributed by atoms with Gasteiger partial charge in [0.25, 0.3) is 0 Å². The van der Waals surface area contributed by atoms with Crippen LogP contribution < -0.4 is 0 Å². The third-order valence-electron chi connectivity index (χ3n) is 2.72. The van der Waals surface area contributed by atoms with Crippen LogP contribution in [0.5, 0.6) is 0 Å². The Labute approximate surface area is 104 Å². The number of benzene rings is 1. The first kappa shape index (κ1) is 14.2. The number of likely N-dealkylation sites (N-methyl/N-ethyl adjacent to an activating group) is 1. The molecule has 0 bridgehead atoms. The second-order valence-corrected chi connectivity index (χ2v) is 4.36. The van der Waals surface area contributed by atoms with Crippen LogP contribution in [0.25, 0.3) is 0 Å². The molecule has 1 N–H and O–H groups in total. The van der Waals surface area contributed by atoms with Crippen molar-refractivity contribution in [1.82, 2.24) is 4.90 Å². The Bertz CT molecular complexity index is 290. The van der Waals surface area contributed by atoms with Gasteiger partial charge in [0.05, 0.1) is 19.3 Å². The molecule has 0 aromatic heterocycles. The average molecular weight is 237 g/mol. The van der Waals surface area contributed by atoms with E-state index in [-0.39, 0.29) is 6.10 Å². The highest BCUT2D eigenvalue weighted by Gasteiger charge is 2.05. The normalized spacial score (nSPS) is 12.9. The average Bonchev–Trinajstić information content (AvgIpc) is 2.36. The highest BCUT2D eigenvalue weighted by atomic mass is 16.5. The van der Waals surface area contributed by atoms with Crippen molar-refractivity contribution in [1.29, 1.82) is 0 Å². The molecule has 0 radical (unpaired) electrons. The van der Waals surface area contributed by atoms with Crippen molar-refractivity contribution in [2.24, 2.45) is 0 Å². The number of aliphatic hydroxyl groups is 1. The fraction of sp³-hybridized carbons (Fsp3) is 0.571. The Morgan fingerprint density at radius 2 is 2.00 bits per heavy atom. The van der Waals surface area contributed by atoms with Crippen LogP contribution in [0.3, 0.4) is 0 Å². The Kier molecular flexibility index (Phi) is 6.86. The zero-order valence-electron chi connectivity index (χ0n) is 10.8. The van der Waals surface area contributed by atoms with Crippen LogP contribution in [0.1, 0.15) is 18.9 Å². The van der Waals surface area contributed by atoms with Gasteiger partial charge in [-0.15, -0.1) is 0 Å². The van der Waals surface area contributed by atoms with Crippen molar-refractivity contribution in [3.8, 4) is 0 Å². The van der Waals surface area contributed by atoms with Crippen molar-refractivity contribution in [3.63, 3.8) is 0 Å². The molecule has 0 aliphatic rings. The van der Waals surface area contributed by atoms with Gasteiger partial charge in [0.1, 0.15) is 0 Å². The Morgan fingerprint density at radius 3 is 2.65 bits per heavy atom. The summed E-state index contributed by atoms with van der Waals surface area (Å²) in [6.07, 6.45) is 0.573. The molecular weight excluding hydrogens is 214 g/mol. The van der Waals surface area contributed by atoms with E-state index in [1.807, 2.05) is 32.2 Å². The summed E-state index contributed by atoms with van der Waals surface area (Å²) in [6, 6.07) is 10.2. The molecule has 1 atom stereocenters. The second kappa shape index (κ2) is 8.23. The van der Waals surface area contributed by atoms with E-state index in [9.17, 15) is 5.11 Å². The molecule has 0 spiro atoms. The molecule has 0 fully saturated rings. The third kappa shape index (κ3) is 6.41. The van der Waals surface area contributed by atoms with Crippen LogP contribution in [0.2, 0.25) is 0 Å². The summed E-state index contributed by atoms with van der Waals surface area (Å²) in [5.41, 5.74) is 1.20. The largest absolute Gasteiger partial charge is 0.392 e. The van der Waals surface area contributed by atoms with Gasteiger partial charge < -0.3 is 14.7 Å². The second-order valence-electron chi connectivity index (χ2n) is 4.36. The van der Waals surface area contributed by atoms with Gasteiger partial charge in [0.15, 0.2) is 0 Å². The third-order valence-corrected chi connectivity index (χ3v) is 2.72. The molecular formula is C14H23NO2. The predicted octanol–water partition coefficient (Wildman–Crippen LogP) is 1.91. The minimum atomic E-state index is -0.228. The van der Waals surface area contributed by atoms with Gasteiger partial charge in [0, 0.05) is 13.1 Å². The first-order valence-corrected chi connectivity index (χ1v) is 6.20. The molecule has 1 aromatic carbocycles. The molecule has 17 heavy (non-hydrogen) atoms. The maximum atomic E-state index is 9.48. The van der Waals surface area contributed by atoms with E-state index in [1.165, 1.54) is 5.56 Å². The van der Waals surface area contributed by atoms with Gasteiger partial charge >= 0.3 is 0 Å².